The molecular formula is C17H26N2O. The summed E-state index contributed by atoms with van der Waals surface area (Å²) in [6.45, 7) is 6.76. The van der Waals surface area contributed by atoms with Crippen LogP contribution in [0.15, 0.2) is 24.3 Å². The van der Waals surface area contributed by atoms with Crippen LogP contribution in [-0.2, 0) is 11.3 Å². The monoisotopic (exact) mass is 274 g/mol. The fraction of sp³-hybridized carbons (Fsp3) is 0.588. The van der Waals surface area contributed by atoms with Gasteiger partial charge in [0.1, 0.15) is 0 Å². The Labute approximate surface area is 122 Å². The average molecular weight is 274 g/mol. The first-order valence-corrected chi connectivity index (χ1v) is 7.65. The van der Waals surface area contributed by atoms with E-state index in [9.17, 15) is 4.79 Å². The van der Waals surface area contributed by atoms with Crippen LogP contribution in [0.25, 0.3) is 0 Å². The summed E-state index contributed by atoms with van der Waals surface area (Å²) in [5.74, 6) is 0.116. The van der Waals surface area contributed by atoms with Crippen LogP contribution in [0.2, 0.25) is 0 Å². The van der Waals surface area contributed by atoms with Crippen molar-refractivity contribution in [3.63, 3.8) is 0 Å². The molecule has 0 spiro atoms. The smallest absolute Gasteiger partial charge is 0.243 e. The molecule has 0 saturated heterocycles. The van der Waals surface area contributed by atoms with Gasteiger partial charge in [-0.3, -0.25) is 4.79 Å². The molecule has 20 heavy (non-hydrogen) atoms. The normalized spacial score (nSPS) is 15.2. The number of aryl methyl sites for hydroxylation is 1. The fourth-order valence-corrected chi connectivity index (χ4v) is 2.48. The Morgan fingerprint density at radius 2 is 1.80 bits per heavy atom. The number of amides is 1. The second-order valence-corrected chi connectivity index (χ2v) is 6.01. The molecule has 0 atom stereocenters. The molecule has 0 bridgehead atoms. The first-order valence-electron chi connectivity index (χ1n) is 7.65. The zero-order valence-corrected chi connectivity index (χ0v) is 12.9. The van der Waals surface area contributed by atoms with Gasteiger partial charge in [-0.2, -0.15) is 0 Å². The van der Waals surface area contributed by atoms with Gasteiger partial charge in [-0.1, -0.05) is 43.7 Å². The lowest BCUT2D eigenvalue weighted by Crippen LogP contribution is -2.55. The standard InChI is InChI=1S/C17H26N2O/c1-4-17(18,5-2)16(20)19(15-10-11-15)12-14-8-6-13(3)7-9-14/h6-9,15H,4-5,10-12,18H2,1-3H3. The van der Waals surface area contributed by atoms with Crippen molar-refractivity contribution in [2.75, 3.05) is 0 Å². The maximum absolute atomic E-state index is 12.8. The molecule has 0 radical (unpaired) electrons. The number of hydrogen-bond donors (Lipinski definition) is 1. The molecule has 2 rings (SSSR count). The third-order valence-corrected chi connectivity index (χ3v) is 4.41. The first kappa shape index (κ1) is 15.0. The van der Waals surface area contributed by atoms with E-state index in [1.54, 1.807) is 0 Å². The second-order valence-electron chi connectivity index (χ2n) is 6.01. The molecule has 3 heteroatoms. The van der Waals surface area contributed by atoms with E-state index in [4.69, 9.17) is 5.73 Å². The van der Waals surface area contributed by atoms with E-state index in [1.165, 1.54) is 11.1 Å². The van der Waals surface area contributed by atoms with Gasteiger partial charge in [0.15, 0.2) is 0 Å². The van der Waals surface area contributed by atoms with E-state index in [2.05, 4.69) is 31.2 Å². The van der Waals surface area contributed by atoms with Crippen molar-refractivity contribution in [2.45, 2.75) is 64.6 Å². The summed E-state index contributed by atoms with van der Waals surface area (Å²) in [6.07, 6.45) is 3.61. The lowest BCUT2D eigenvalue weighted by atomic mass is 9.92. The largest absolute Gasteiger partial charge is 0.334 e. The molecule has 0 unspecified atom stereocenters. The molecule has 1 aromatic carbocycles. The molecule has 110 valence electrons. The zero-order chi connectivity index (χ0) is 14.8. The molecule has 1 aliphatic carbocycles. The van der Waals surface area contributed by atoms with Crippen LogP contribution in [0.1, 0.15) is 50.7 Å². The number of nitrogens with two attached hydrogens (primary N) is 1. The van der Waals surface area contributed by atoms with Crippen molar-refractivity contribution in [3.05, 3.63) is 35.4 Å². The SMILES string of the molecule is CCC(N)(CC)C(=O)N(Cc1ccc(C)cc1)C1CC1. The molecular weight excluding hydrogens is 248 g/mol. The van der Waals surface area contributed by atoms with Crippen LogP contribution in [0.5, 0.6) is 0 Å². The van der Waals surface area contributed by atoms with E-state index in [-0.39, 0.29) is 5.91 Å². The highest BCUT2D eigenvalue weighted by atomic mass is 16.2. The summed E-state index contributed by atoms with van der Waals surface area (Å²) in [5.41, 5.74) is 8.02. The Balaban J connectivity index is 2.15. The lowest BCUT2D eigenvalue weighted by Gasteiger charge is -2.33. The zero-order valence-electron chi connectivity index (χ0n) is 12.9. The van der Waals surface area contributed by atoms with Crippen molar-refractivity contribution in [1.29, 1.82) is 0 Å². The minimum atomic E-state index is -0.701. The summed E-state index contributed by atoms with van der Waals surface area (Å²) < 4.78 is 0. The molecule has 0 aliphatic heterocycles. The van der Waals surface area contributed by atoms with Crippen molar-refractivity contribution < 1.29 is 4.79 Å². The van der Waals surface area contributed by atoms with Crippen molar-refractivity contribution in [1.82, 2.24) is 4.90 Å². The number of benzene rings is 1. The van der Waals surface area contributed by atoms with Crippen LogP contribution in [-0.4, -0.2) is 22.4 Å². The van der Waals surface area contributed by atoms with Gasteiger partial charge in [-0.25, -0.2) is 0 Å². The van der Waals surface area contributed by atoms with Gasteiger partial charge >= 0.3 is 0 Å². The molecule has 0 heterocycles. The Morgan fingerprint density at radius 3 is 2.25 bits per heavy atom. The summed E-state index contributed by atoms with van der Waals surface area (Å²) in [6, 6.07) is 8.80. The Kier molecular flexibility index (Phi) is 4.48. The van der Waals surface area contributed by atoms with Gasteiger partial charge in [0.05, 0.1) is 5.54 Å². The van der Waals surface area contributed by atoms with Crippen LogP contribution in [0, 0.1) is 6.92 Å². The number of nitrogens with zero attached hydrogens (tertiary/aromatic N) is 1. The third-order valence-electron chi connectivity index (χ3n) is 4.41. The number of rotatable bonds is 6. The highest BCUT2D eigenvalue weighted by Gasteiger charge is 2.40. The average Bonchev–Trinajstić information content (AvgIpc) is 3.29. The van der Waals surface area contributed by atoms with Crippen molar-refractivity contribution >= 4 is 5.91 Å². The Bertz CT molecular complexity index is 458. The van der Waals surface area contributed by atoms with E-state index < -0.39 is 5.54 Å². The first-order chi connectivity index (χ1) is 9.50. The summed E-state index contributed by atoms with van der Waals surface area (Å²) in [7, 11) is 0. The minimum absolute atomic E-state index is 0.116. The molecule has 0 aromatic heterocycles. The Hall–Kier alpha value is -1.35. The van der Waals surface area contributed by atoms with E-state index in [1.807, 2.05) is 18.7 Å². The topological polar surface area (TPSA) is 46.3 Å². The summed E-state index contributed by atoms with van der Waals surface area (Å²) in [4.78, 5) is 14.8. The highest BCUT2D eigenvalue weighted by Crippen LogP contribution is 2.31. The van der Waals surface area contributed by atoms with Crippen LogP contribution >= 0.6 is 0 Å². The second kappa shape index (κ2) is 5.96. The van der Waals surface area contributed by atoms with E-state index in [0.717, 1.165) is 12.8 Å². The summed E-state index contributed by atoms with van der Waals surface area (Å²) >= 11 is 0. The van der Waals surface area contributed by atoms with E-state index in [0.29, 0.717) is 25.4 Å². The molecule has 3 nitrogen and oxygen atoms in total. The van der Waals surface area contributed by atoms with Gasteiger partial charge in [0, 0.05) is 12.6 Å². The van der Waals surface area contributed by atoms with Crippen molar-refractivity contribution in [3.8, 4) is 0 Å². The van der Waals surface area contributed by atoms with Crippen LogP contribution in [0.3, 0.4) is 0 Å². The summed E-state index contributed by atoms with van der Waals surface area (Å²) in [5, 5.41) is 0. The predicted octanol–water partition coefficient (Wildman–Crippen LogP) is 3.00. The lowest BCUT2D eigenvalue weighted by molar-refractivity contribution is -0.138. The maximum atomic E-state index is 12.8. The van der Waals surface area contributed by atoms with Gasteiger partial charge in [-0.15, -0.1) is 0 Å². The quantitative estimate of drug-likeness (QED) is 0.866. The van der Waals surface area contributed by atoms with Gasteiger partial charge < -0.3 is 10.6 Å². The molecule has 1 aromatic rings. The highest BCUT2D eigenvalue weighted by molar-refractivity contribution is 5.86. The maximum Gasteiger partial charge on any atom is 0.243 e. The van der Waals surface area contributed by atoms with E-state index >= 15 is 0 Å². The molecule has 1 amide bonds. The minimum Gasteiger partial charge on any atom is -0.334 e. The Morgan fingerprint density at radius 1 is 1.25 bits per heavy atom. The number of carbonyl (C=O) groups is 1. The molecule has 1 saturated carbocycles. The number of carbonyl (C=O) groups excluding carboxylic acids is 1. The van der Waals surface area contributed by atoms with Crippen LogP contribution < -0.4 is 5.73 Å². The number of hydrogen-bond acceptors (Lipinski definition) is 2. The van der Waals surface area contributed by atoms with Crippen LogP contribution in [0.4, 0.5) is 0 Å². The van der Waals surface area contributed by atoms with Gasteiger partial charge in [0.2, 0.25) is 5.91 Å². The predicted molar refractivity (Wildman–Crippen MR) is 82.3 cm³/mol. The fourth-order valence-electron chi connectivity index (χ4n) is 2.48. The molecule has 1 fully saturated rings. The molecule has 1 aliphatic rings. The molecule has 2 N–H and O–H groups in total. The van der Waals surface area contributed by atoms with Gasteiger partial charge in [0.25, 0.3) is 0 Å². The van der Waals surface area contributed by atoms with Gasteiger partial charge in [-0.05, 0) is 38.2 Å². The van der Waals surface area contributed by atoms with Crippen molar-refractivity contribution in [2.24, 2.45) is 5.73 Å². The third kappa shape index (κ3) is 3.21.